The van der Waals surface area contributed by atoms with Crippen molar-refractivity contribution in [2.45, 2.75) is 4.29 Å². The first-order valence-electron chi connectivity index (χ1n) is 2.81. The molecule has 1 rings (SSSR count). The number of halogens is 6. The van der Waals surface area contributed by atoms with Gasteiger partial charge in [-0.3, -0.25) is 0 Å². The molecular weight excluding hydrogens is 586 g/mol. The summed E-state index contributed by atoms with van der Waals surface area (Å²) in [6, 6.07) is 0. The van der Waals surface area contributed by atoms with Gasteiger partial charge in [0.25, 0.3) is 0 Å². The molecule has 0 atom stereocenters. The summed E-state index contributed by atoms with van der Waals surface area (Å²) in [6.45, 7) is 0. The van der Waals surface area contributed by atoms with Crippen LogP contribution in [0.25, 0.3) is 0 Å². The van der Waals surface area contributed by atoms with Gasteiger partial charge in [-0.1, -0.05) is 95.6 Å². The van der Waals surface area contributed by atoms with Crippen LogP contribution in [0.2, 0.25) is 0 Å². The third-order valence-electron chi connectivity index (χ3n) is 1.04. The van der Waals surface area contributed by atoms with Crippen LogP contribution in [0.1, 0.15) is 10.7 Å². The van der Waals surface area contributed by atoms with Gasteiger partial charge in [-0.15, -0.1) is 11.3 Å². The van der Waals surface area contributed by atoms with Crippen molar-refractivity contribution in [1.29, 1.82) is 0 Å². The van der Waals surface area contributed by atoms with E-state index in [2.05, 4.69) is 101 Å². The first-order valence-corrected chi connectivity index (χ1v) is 8.45. The number of aromatic nitrogens is 1. The Morgan fingerprint density at radius 3 is 1.77 bits per heavy atom. The van der Waals surface area contributed by atoms with Gasteiger partial charge in [0.05, 0.1) is 5.69 Å². The van der Waals surface area contributed by atoms with E-state index in [4.69, 9.17) is 0 Å². The third-order valence-corrected chi connectivity index (χ3v) is 5.13. The second kappa shape index (κ2) is 4.79. The van der Waals surface area contributed by atoms with E-state index in [-0.39, 0.29) is 0 Å². The molecule has 0 aliphatic heterocycles. The average molecular weight is 587 g/mol. The van der Waals surface area contributed by atoms with Crippen LogP contribution in [0.5, 0.6) is 0 Å². The van der Waals surface area contributed by atoms with Crippen LogP contribution in [0, 0.1) is 0 Å². The smallest absolute Gasteiger partial charge is 0.185 e. The molecule has 0 aromatic carbocycles. The summed E-state index contributed by atoms with van der Waals surface area (Å²) < 4.78 is -0.881. The predicted octanol–water partition coefficient (Wildman–Crippen LogP) is 5.73. The van der Waals surface area contributed by atoms with Gasteiger partial charge in [-0.2, -0.15) is 0 Å². The molecule has 0 saturated heterocycles. The molecule has 1 aromatic rings. The van der Waals surface area contributed by atoms with E-state index < -0.39 is 4.29 Å². The molecule has 0 bridgehead atoms. The lowest BCUT2D eigenvalue weighted by atomic mass is 10.6. The van der Waals surface area contributed by atoms with E-state index in [9.17, 15) is 0 Å². The van der Waals surface area contributed by atoms with Crippen molar-refractivity contribution in [2.24, 2.45) is 0 Å². The largest absolute Gasteiger partial charge is 0.240 e. The van der Waals surface area contributed by atoms with Crippen molar-refractivity contribution in [1.82, 2.24) is 4.98 Å². The number of nitrogens with zero attached hydrogens (tertiary/aromatic N) is 1. The fourth-order valence-corrected chi connectivity index (χ4v) is 3.44. The van der Waals surface area contributed by atoms with Crippen molar-refractivity contribution in [3.63, 3.8) is 0 Å². The Labute approximate surface area is 130 Å². The molecule has 74 valence electrons. The van der Waals surface area contributed by atoms with Gasteiger partial charge >= 0.3 is 0 Å². The Kier molecular flexibility index (Phi) is 5.00. The van der Waals surface area contributed by atoms with Gasteiger partial charge in [0.2, 0.25) is 0 Å². The third kappa shape index (κ3) is 4.11. The molecule has 1 heterocycles. The van der Waals surface area contributed by atoms with Crippen molar-refractivity contribution >= 4 is 107 Å². The van der Waals surface area contributed by atoms with E-state index >= 15 is 0 Å². The lowest BCUT2D eigenvalue weighted by Gasteiger charge is -2.09. The molecule has 0 fully saturated rings. The molecule has 0 N–H and O–H groups in total. The normalized spacial score (nSPS) is 13.4. The fraction of sp³-hybridized carbons (Fsp3) is 0.400. The number of hydrogen-bond donors (Lipinski definition) is 0. The topological polar surface area (TPSA) is 12.9 Å². The summed E-state index contributed by atoms with van der Waals surface area (Å²) in [7, 11) is 0. The lowest BCUT2D eigenvalue weighted by molar-refractivity contribution is 1.13. The highest BCUT2D eigenvalue weighted by Crippen LogP contribution is 2.49. The second-order valence-electron chi connectivity index (χ2n) is 2.03. The van der Waals surface area contributed by atoms with Gasteiger partial charge in [0.15, 0.2) is 4.29 Å². The molecule has 1 nitrogen and oxygen atoms in total. The summed E-state index contributed by atoms with van der Waals surface area (Å²) in [5, 5.41) is 2.84. The highest BCUT2D eigenvalue weighted by molar-refractivity contribution is 9.39. The SMILES string of the molecule is BrC(Br)(Br)c1csc(C(Br)(Br)Br)n1. The molecule has 8 heteroatoms. The van der Waals surface area contributed by atoms with Crippen LogP contribution < -0.4 is 0 Å². The molecule has 0 aliphatic rings. The second-order valence-corrected chi connectivity index (χ2v) is 16.4. The summed E-state index contributed by atoms with van der Waals surface area (Å²) in [4.78, 5) is 4.39. The predicted molar refractivity (Wildman–Crippen MR) is 79.0 cm³/mol. The molecule has 0 radical (unpaired) electrons. The fourth-order valence-electron chi connectivity index (χ4n) is 0.534. The number of hydrogen-bond acceptors (Lipinski definition) is 2. The molecule has 0 aliphatic carbocycles. The van der Waals surface area contributed by atoms with Gasteiger partial charge in [0.1, 0.15) is 5.01 Å². The van der Waals surface area contributed by atoms with Crippen LogP contribution in [0.4, 0.5) is 0 Å². The molecule has 13 heavy (non-hydrogen) atoms. The summed E-state index contributed by atoms with van der Waals surface area (Å²) in [5.41, 5.74) is 0.871. The van der Waals surface area contributed by atoms with Gasteiger partial charge in [-0.05, 0) is 0 Å². The van der Waals surface area contributed by atoms with Crippen LogP contribution in [-0.4, -0.2) is 4.98 Å². The molecule has 1 aromatic heterocycles. The zero-order valence-electron chi connectivity index (χ0n) is 5.70. The van der Waals surface area contributed by atoms with E-state index in [1.165, 1.54) is 0 Å². The van der Waals surface area contributed by atoms with Crippen LogP contribution in [-0.2, 0) is 4.29 Å². The first-order chi connectivity index (χ1) is 5.71. The first kappa shape index (κ1) is 13.6. The minimum absolute atomic E-state index is 0.436. The maximum Gasteiger partial charge on any atom is 0.185 e. The van der Waals surface area contributed by atoms with Crippen molar-refractivity contribution < 1.29 is 0 Å². The van der Waals surface area contributed by atoms with Gasteiger partial charge in [0, 0.05) is 5.38 Å². The van der Waals surface area contributed by atoms with Crippen molar-refractivity contribution in [2.75, 3.05) is 0 Å². The van der Waals surface area contributed by atoms with Crippen LogP contribution in [0.3, 0.4) is 0 Å². The maximum absolute atomic E-state index is 4.39. The Morgan fingerprint density at radius 1 is 1.00 bits per heavy atom. The lowest BCUT2D eigenvalue weighted by Crippen LogP contribution is -2.01. The summed E-state index contributed by atoms with van der Waals surface area (Å²) >= 11 is 21.9. The Hall–Kier alpha value is 2.51. The van der Waals surface area contributed by atoms with Gasteiger partial charge < -0.3 is 0 Å². The monoisotopic (exact) mass is 580 g/mol. The molecule has 0 spiro atoms. The van der Waals surface area contributed by atoms with Crippen molar-refractivity contribution in [3.8, 4) is 0 Å². The average Bonchev–Trinajstić information content (AvgIpc) is 2.28. The van der Waals surface area contributed by atoms with E-state index in [0.717, 1.165) is 10.7 Å². The summed E-state index contributed by atoms with van der Waals surface area (Å²) in [5.74, 6) is 0. The zero-order chi connectivity index (χ0) is 10.3. The van der Waals surface area contributed by atoms with E-state index in [0.29, 0.717) is 0 Å². The number of alkyl halides is 6. The molecule has 0 amide bonds. The zero-order valence-corrected chi connectivity index (χ0v) is 16.0. The standard InChI is InChI=1S/C5HBr6NS/c6-4(7,8)2-1-13-3(12-2)5(9,10)11/h1H. The molecule has 0 unspecified atom stereocenters. The molecular formula is C5HBr6NS. The Bertz CT molecular complexity index is 268. The highest BCUT2D eigenvalue weighted by atomic mass is 80.0. The van der Waals surface area contributed by atoms with E-state index in [1.54, 1.807) is 11.3 Å². The van der Waals surface area contributed by atoms with E-state index in [1.807, 2.05) is 5.38 Å². The van der Waals surface area contributed by atoms with Crippen molar-refractivity contribution in [3.05, 3.63) is 16.1 Å². The number of thiazole rings is 1. The quantitative estimate of drug-likeness (QED) is 0.354. The minimum Gasteiger partial charge on any atom is -0.240 e. The Balaban J connectivity index is 3.01. The van der Waals surface area contributed by atoms with Crippen LogP contribution >= 0.6 is 107 Å². The highest BCUT2D eigenvalue weighted by Gasteiger charge is 2.30. The minimum atomic E-state index is -0.444. The Morgan fingerprint density at radius 2 is 1.54 bits per heavy atom. The van der Waals surface area contributed by atoms with Crippen LogP contribution in [0.15, 0.2) is 5.38 Å². The molecule has 0 saturated carbocycles. The maximum atomic E-state index is 4.39. The number of rotatable bonds is 0. The van der Waals surface area contributed by atoms with Gasteiger partial charge in [-0.25, -0.2) is 4.98 Å². The summed E-state index contributed by atoms with van der Waals surface area (Å²) in [6.07, 6.45) is 0.